The van der Waals surface area contributed by atoms with Crippen LogP contribution >= 0.6 is 0 Å². The molecule has 0 radical (unpaired) electrons. The first kappa shape index (κ1) is 10.2. The van der Waals surface area contributed by atoms with Crippen molar-refractivity contribution < 1.29 is 0 Å². The molecule has 0 rings (SSSR count). The van der Waals surface area contributed by atoms with Gasteiger partial charge in [-0.2, -0.15) is 0 Å². The van der Waals surface area contributed by atoms with Crippen molar-refractivity contribution in [2.24, 2.45) is 5.84 Å². The Kier molecular flexibility index (Phi) is 4.62. The van der Waals surface area contributed by atoms with Crippen LogP contribution in [0.3, 0.4) is 0 Å². The van der Waals surface area contributed by atoms with Crippen LogP contribution in [-0.4, -0.2) is 12.1 Å². The Labute approximate surface area is 69.3 Å². The van der Waals surface area contributed by atoms with Crippen LogP contribution in [0.5, 0.6) is 0 Å². The van der Waals surface area contributed by atoms with E-state index in [-0.39, 0.29) is 0 Å². The molecule has 2 N–H and O–H groups in total. The first-order valence-electron chi connectivity index (χ1n) is 3.90. The summed E-state index contributed by atoms with van der Waals surface area (Å²) in [7, 11) is 1.86. The lowest BCUT2D eigenvalue weighted by atomic mass is 10.2. The summed E-state index contributed by atoms with van der Waals surface area (Å²) < 4.78 is 0. The molecular formula is C9H18N2. The highest BCUT2D eigenvalue weighted by Crippen LogP contribution is 2.02. The topological polar surface area (TPSA) is 29.3 Å². The third-order valence-corrected chi connectivity index (χ3v) is 1.42. The SMILES string of the molecule is CC/C(=C\C=C(C)C)N(C)N. The Hall–Kier alpha value is -0.760. The quantitative estimate of drug-likeness (QED) is 0.383. The monoisotopic (exact) mass is 154 g/mol. The smallest absolute Gasteiger partial charge is 0.0285 e. The molecule has 0 aromatic heterocycles. The molecule has 2 heteroatoms. The molecule has 0 aliphatic heterocycles. The van der Waals surface area contributed by atoms with Gasteiger partial charge < -0.3 is 5.01 Å². The molecule has 11 heavy (non-hydrogen) atoms. The van der Waals surface area contributed by atoms with Gasteiger partial charge in [-0.25, -0.2) is 5.84 Å². The number of hydrogen-bond acceptors (Lipinski definition) is 2. The van der Waals surface area contributed by atoms with Gasteiger partial charge in [-0.1, -0.05) is 18.6 Å². The number of hydrogen-bond donors (Lipinski definition) is 1. The fourth-order valence-corrected chi connectivity index (χ4v) is 0.748. The fourth-order valence-electron chi connectivity index (χ4n) is 0.748. The Morgan fingerprint density at radius 1 is 1.36 bits per heavy atom. The standard InChI is InChI=1S/C9H18N2/c1-5-9(11(4)10)7-6-8(2)3/h6-7H,5,10H2,1-4H3/b9-7+. The van der Waals surface area contributed by atoms with Gasteiger partial charge in [0.05, 0.1) is 0 Å². The van der Waals surface area contributed by atoms with Crippen molar-refractivity contribution >= 4 is 0 Å². The van der Waals surface area contributed by atoms with Gasteiger partial charge in [0, 0.05) is 12.7 Å². The predicted octanol–water partition coefficient (Wildman–Crippen LogP) is 2.05. The van der Waals surface area contributed by atoms with Crippen molar-refractivity contribution in [1.29, 1.82) is 0 Å². The van der Waals surface area contributed by atoms with Gasteiger partial charge in [-0.3, -0.25) is 0 Å². The van der Waals surface area contributed by atoms with Gasteiger partial charge in [-0.15, -0.1) is 0 Å². The summed E-state index contributed by atoms with van der Waals surface area (Å²) in [5.41, 5.74) is 2.43. The Bertz CT molecular complexity index is 162. The minimum absolute atomic E-state index is 0.969. The Morgan fingerprint density at radius 2 is 1.91 bits per heavy atom. The van der Waals surface area contributed by atoms with Gasteiger partial charge in [-0.05, 0) is 26.3 Å². The van der Waals surface area contributed by atoms with Crippen molar-refractivity contribution in [3.8, 4) is 0 Å². The fraction of sp³-hybridized carbons (Fsp3) is 0.556. The van der Waals surface area contributed by atoms with E-state index in [2.05, 4.69) is 32.9 Å². The largest absolute Gasteiger partial charge is 0.318 e. The second-order valence-electron chi connectivity index (χ2n) is 2.87. The van der Waals surface area contributed by atoms with E-state index in [0.29, 0.717) is 0 Å². The van der Waals surface area contributed by atoms with Gasteiger partial charge in [0.1, 0.15) is 0 Å². The average Bonchev–Trinajstić information content (AvgIpc) is 1.87. The lowest BCUT2D eigenvalue weighted by Gasteiger charge is -2.13. The molecule has 0 heterocycles. The highest BCUT2D eigenvalue weighted by atomic mass is 15.4. The zero-order chi connectivity index (χ0) is 8.85. The van der Waals surface area contributed by atoms with Crippen molar-refractivity contribution in [2.45, 2.75) is 27.2 Å². The maximum atomic E-state index is 5.57. The third-order valence-electron chi connectivity index (χ3n) is 1.42. The summed E-state index contributed by atoms with van der Waals surface area (Å²) >= 11 is 0. The van der Waals surface area contributed by atoms with E-state index in [9.17, 15) is 0 Å². The third kappa shape index (κ3) is 4.62. The van der Waals surface area contributed by atoms with Crippen LogP contribution in [0.25, 0.3) is 0 Å². The molecule has 0 fully saturated rings. The van der Waals surface area contributed by atoms with E-state index in [1.807, 2.05) is 7.05 Å². The maximum Gasteiger partial charge on any atom is 0.0285 e. The minimum Gasteiger partial charge on any atom is -0.318 e. The van der Waals surface area contributed by atoms with E-state index in [1.54, 1.807) is 5.01 Å². The summed E-state index contributed by atoms with van der Waals surface area (Å²) in [5, 5.41) is 1.65. The zero-order valence-corrected chi connectivity index (χ0v) is 7.89. The van der Waals surface area contributed by atoms with Crippen LogP contribution in [0, 0.1) is 0 Å². The molecule has 0 aromatic rings. The lowest BCUT2D eigenvalue weighted by Crippen LogP contribution is -2.24. The molecule has 64 valence electrons. The summed E-state index contributed by atoms with van der Waals surface area (Å²) in [6.45, 7) is 6.23. The van der Waals surface area contributed by atoms with Crippen LogP contribution in [-0.2, 0) is 0 Å². The average molecular weight is 154 g/mol. The molecule has 0 bridgehead atoms. The first-order chi connectivity index (χ1) is 5.07. The molecule has 0 aliphatic rings. The summed E-state index contributed by atoms with van der Waals surface area (Å²) in [5.74, 6) is 5.57. The Morgan fingerprint density at radius 3 is 2.18 bits per heavy atom. The van der Waals surface area contributed by atoms with Gasteiger partial charge in [0.25, 0.3) is 0 Å². The second-order valence-corrected chi connectivity index (χ2v) is 2.87. The summed E-state index contributed by atoms with van der Waals surface area (Å²) in [4.78, 5) is 0. The minimum atomic E-state index is 0.969. The molecule has 2 nitrogen and oxygen atoms in total. The van der Waals surface area contributed by atoms with Crippen LogP contribution in [0.1, 0.15) is 27.2 Å². The molecule has 0 amide bonds. The van der Waals surface area contributed by atoms with Crippen LogP contribution in [0.15, 0.2) is 23.4 Å². The first-order valence-corrected chi connectivity index (χ1v) is 3.90. The number of nitrogens with two attached hydrogens (primary N) is 1. The van der Waals surface area contributed by atoms with Crippen LogP contribution in [0.2, 0.25) is 0 Å². The van der Waals surface area contributed by atoms with Crippen molar-refractivity contribution in [2.75, 3.05) is 7.05 Å². The van der Waals surface area contributed by atoms with Crippen molar-refractivity contribution in [3.63, 3.8) is 0 Å². The van der Waals surface area contributed by atoms with Crippen LogP contribution in [0.4, 0.5) is 0 Å². The number of nitrogens with zero attached hydrogens (tertiary/aromatic N) is 1. The molecular weight excluding hydrogens is 136 g/mol. The molecule has 0 aromatic carbocycles. The van der Waals surface area contributed by atoms with E-state index >= 15 is 0 Å². The molecule has 0 spiro atoms. The molecule has 0 unspecified atom stereocenters. The highest BCUT2D eigenvalue weighted by Gasteiger charge is 1.92. The predicted molar refractivity (Wildman–Crippen MR) is 49.8 cm³/mol. The van der Waals surface area contributed by atoms with Crippen molar-refractivity contribution in [1.82, 2.24) is 5.01 Å². The van der Waals surface area contributed by atoms with E-state index in [0.717, 1.165) is 12.1 Å². The van der Waals surface area contributed by atoms with Gasteiger partial charge >= 0.3 is 0 Å². The molecule has 0 saturated carbocycles. The zero-order valence-electron chi connectivity index (χ0n) is 7.89. The van der Waals surface area contributed by atoms with Crippen molar-refractivity contribution in [3.05, 3.63) is 23.4 Å². The number of hydrazine groups is 1. The maximum absolute atomic E-state index is 5.57. The summed E-state index contributed by atoms with van der Waals surface area (Å²) in [6.07, 6.45) is 5.09. The van der Waals surface area contributed by atoms with Gasteiger partial charge in [0.2, 0.25) is 0 Å². The molecule has 0 atom stereocenters. The summed E-state index contributed by atoms with van der Waals surface area (Å²) in [6, 6.07) is 0. The Balaban J connectivity index is 4.24. The van der Waals surface area contributed by atoms with E-state index in [1.165, 1.54) is 5.57 Å². The normalized spacial score (nSPS) is 11.2. The highest BCUT2D eigenvalue weighted by molar-refractivity contribution is 5.13. The molecule has 0 saturated heterocycles. The van der Waals surface area contributed by atoms with E-state index in [4.69, 9.17) is 5.84 Å². The van der Waals surface area contributed by atoms with E-state index < -0.39 is 0 Å². The van der Waals surface area contributed by atoms with Crippen LogP contribution < -0.4 is 5.84 Å². The number of allylic oxidation sites excluding steroid dienone is 4. The van der Waals surface area contributed by atoms with Gasteiger partial charge in [0.15, 0.2) is 0 Å². The lowest BCUT2D eigenvalue weighted by molar-refractivity contribution is 0.427. The number of rotatable bonds is 3. The second kappa shape index (κ2) is 4.97. The molecule has 0 aliphatic carbocycles.